The molecule has 0 radical (unpaired) electrons. The normalized spacial score (nSPS) is 16.5. The second kappa shape index (κ2) is 7.66. The van der Waals surface area contributed by atoms with Crippen molar-refractivity contribution in [1.82, 2.24) is 5.32 Å². The van der Waals surface area contributed by atoms with Crippen molar-refractivity contribution in [3.8, 4) is 11.5 Å². The SMILES string of the molecule is COc1ccc(N2C[C@H](NC(=O)c3ccc(Cl)cc3)CC2=O)cc1OC. The molecule has 136 valence electrons. The van der Waals surface area contributed by atoms with Crippen molar-refractivity contribution >= 4 is 29.1 Å². The van der Waals surface area contributed by atoms with Crippen molar-refractivity contribution in [3.05, 3.63) is 53.1 Å². The number of nitrogens with one attached hydrogen (secondary N) is 1. The van der Waals surface area contributed by atoms with Gasteiger partial charge < -0.3 is 19.7 Å². The molecule has 2 amide bonds. The molecule has 1 heterocycles. The van der Waals surface area contributed by atoms with Crippen molar-refractivity contribution in [2.45, 2.75) is 12.5 Å². The number of rotatable bonds is 5. The highest BCUT2D eigenvalue weighted by molar-refractivity contribution is 6.30. The van der Waals surface area contributed by atoms with E-state index in [0.29, 0.717) is 34.3 Å². The lowest BCUT2D eigenvalue weighted by atomic mass is 10.2. The molecule has 0 bridgehead atoms. The molecule has 1 N–H and O–H groups in total. The third-order valence-corrected chi connectivity index (χ3v) is 4.50. The standard InChI is InChI=1S/C19H19ClN2O4/c1-25-16-8-7-15(10-17(16)26-2)22-11-14(9-18(22)23)21-19(24)12-3-5-13(20)6-4-12/h3-8,10,14H,9,11H2,1-2H3,(H,21,24)/t14-/m1/s1. The number of nitrogens with zero attached hydrogens (tertiary/aromatic N) is 1. The maximum atomic E-state index is 12.4. The Kier molecular flexibility index (Phi) is 5.32. The third-order valence-electron chi connectivity index (χ3n) is 4.25. The number of ether oxygens (including phenoxy) is 2. The highest BCUT2D eigenvalue weighted by Gasteiger charge is 2.32. The highest BCUT2D eigenvalue weighted by Crippen LogP contribution is 2.33. The van der Waals surface area contributed by atoms with E-state index >= 15 is 0 Å². The zero-order chi connectivity index (χ0) is 18.7. The molecule has 7 heteroatoms. The van der Waals surface area contributed by atoms with Gasteiger partial charge in [0.2, 0.25) is 5.91 Å². The first-order valence-corrected chi connectivity index (χ1v) is 8.48. The minimum absolute atomic E-state index is 0.0568. The molecule has 3 rings (SSSR count). The predicted octanol–water partition coefficient (Wildman–Crippen LogP) is 2.89. The Morgan fingerprint density at radius 1 is 1.12 bits per heavy atom. The monoisotopic (exact) mass is 374 g/mol. The van der Waals surface area contributed by atoms with E-state index in [0.717, 1.165) is 0 Å². The van der Waals surface area contributed by atoms with E-state index in [-0.39, 0.29) is 24.3 Å². The van der Waals surface area contributed by atoms with Crippen LogP contribution in [-0.4, -0.2) is 38.6 Å². The Hall–Kier alpha value is -2.73. The molecule has 6 nitrogen and oxygen atoms in total. The van der Waals surface area contributed by atoms with Crippen molar-refractivity contribution in [2.24, 2.45) is 0 Å². The number of hydrogen-bond donors (Lipinski definition) is 1. The summed E-state index contributed by atoms with van der Waals surface area (Å²) < 4.78 is 10.5. The molecule has 1 saturated heterocycles. The summed E-state index contributed by atoms with van der Waals surface area (Å²) in [6.45, 7) is 0.396. The van der Waals surface area contributed by atoms with E-state index in [9.17, 15) is 9.59 Å². The Bertz CT molecular complexity index is 823. The van der Waals surface area contributed by atoms with Gasteiger partial charge in [-0.15, -0.1) is 0 Å². The number of carbonyl (C=O) groups is 2. The van der Waals surface area contributed by atoms with Crippen LogP contribution in [0.2, 0.25) is 5.02 Å². The number of hydrogen-bond acceptors (Lipinski definition) is 4. The molecule has 0 saturated carbocycles. The van der Waals surface area contributed by atoms with Crippen LogP contribution >= 0.6 is 11.6 Å². The number of benzene rings is 2. The molecular formula is C19H19ClN2O4. The van der Waals surface area contributed by atoms with Crippen LogP contribution in [0.4, 0.5) is 5.69 Å². The van der Waals surface area contributed by atoms with E-state index in [1.54, 1.807) is 61.6 Å². The number of carbonyl (C=O) groups excluding carboxylic acids is 2. The zero-order valence-electron chi connectivity index (χ0n) is 14.5. The summed E-state index contributed by atoms with van der Waals surface area (Å²) in [6, 6.07) is 11.7. The van der Waals surface area contributed by atoms with Crippen molar-refractivity contribution in [1.29, 1.82) is 0 Å². The maximum Gasteiger partial charge on any atom is 0.251 e. The van der Waals surface area contributed by atoms with Gasteiger partial charge >= 0.3 is 0 Å². The maximum absolute atomic E-state index is 12.4. The number of anilines is 1. The number of methoxy groups -OCH3 is 2. The second-order valence-corrected chi connectivity index (χ2v) is 6.36. The van der Waals surface area contributed by atoms with Gasteiger partial charge in [-0.25, -0.2) is 0 Å². The fraction of sp³-hybridized carbons (Fsp3) is 0.263. The molecule has 0 aromatic heterocycles. The van der Waals surface area contributed by atoms with Crippen LogP contribution in [-0.2, 0) is 4.79 Å². The average Bonchev–Trinajstić information content (AvgIpc) is 3.01. The van der Waals surface area contributed by atoms with E-state index in [2.05, 4.69) is 5.32 Å². The van der Waals surface area contributed by atoms with Crippen LogP contribution in [0.25, 0.3) is 0 Å². The summed E-state index contributed by atoms with van der Waals surface area (Å²) in [6.07, 6.45) is 0.244. The van der Waals surface area contributed by atoms with Crippen LogP contribution in [0, 0.1) is 0 Å². The van der Waals surface area contributed by atoms with Gasteiger partial charge in [-0.05, 0) is 36.4 Å². The van der Waals surface area contributed by atoms with E-state index in [4.69, 9.17) is 21.1 Å². The Balaban J connectivity index is 1.70. The third kappa shape index (κ3) is 3.75. The van der Waals surface area contributed by atoms with Gasteiger partial charge in [-0.1, -0.05) is 11.6 Å². The van der Waals surface area contributed by atoms with Crippen molar-refractivity contribution in [2.75, 3.05) is 25.7 Å². The first kappa shape index (κ1) is 18.1. The molecule has 0 unspecified atom stereocenters. The Morgan fingerprint density at radius 2 is 1.81 bits per heavy atom. The van der Waals surface area contributed by atoms with Gasteiger partial charge in [-0.3, -0.25) is 9.59 Å². The van der Waals surface area contributed by atoms with Gasteiger partial charge in [0.15, 0.2) is 11.5 Å². The Labute approximate surface area is 156 Å². The smallest absolute Gasteiger partial charge is 0.251 e. The highest BCUT2D eigenvalue weighted by atomic mass is 35.5. The lowest BCUT2D eigenvalue weighted by molar-refractivity contribution is -0.117. The first-order chi connectivity index (χ1) is 12.5. The number of halogens is 1. The van der Waals surface area contributed by atoms with E-state index < -0.39 is 0 Å². The van der Waals surface area contributed by atoms with Gasteiger partial charge in [-0.2, -0.15) is 0 Å². The summed E-state index contributed by atoms with van der Waals surface area (Å²) in [5.74, 6) is 0.856. The summed E-state index contributed by atoms with van der Waals surface area (Å²) in [4.78, 5) is 26.3. The lowest BCUT2D eigenvalue weighted by Gasteiger charge is -2.19. The summed E-state index contributed by atoms with van der Waals surface area (Å²) in [5, 5.41) is 3.46. The largest absolute Gasteiger partial charge is 0.493 e. The first-order valence-electron chi connectivity index (χ1n) is 8.10. The molecule has 26 heavy (non-hydrogen) atoms. The fourth-order valence-electron chi connectivity index (χ4n) is 2.92. The Morgan fingerprint density at radius 3 is 2.46 bits per heavy atom. The topological polar surface area (TPSA) is 67.9 Å². The quantitative estimate of drug-likeness (QED) is 0.873. The van der Waals surface area contributed by atoms with Gasteiger partial charge in [0.25, 0.3) is 5.91 Å². The van der Waals surface area contributed by atoms with E-state index in [1.807, 2.05) is 0 Å². The van der Waals surface area contributed by atoms with Crippen LogP contribution in [0.15, 0.2) is 42.5 Å². The molecule has 1 aliphatic heterocycles. The molecule has 0 spiro atoms. The van der Waals surface area contributed by atoms with Crippen LogP contribution in [0.1, 0.15) is 16.8 Å². The van der Waals surface area contributed by atoms with Crippen molar-refractivity contribution < 1.29 is 19.1 Å². The van der Waals surface area contributed by atoms with Crippen LogP contribution in [0.5, 0.6) is 11.5 Å². The van der Waals surface area contributed by atoms with Crippen LogP contribution < -0.4 is 19.7 Å². The van der Waals surface area contributed by atoms with E-state index in [1.165, 1.54) is 0 Å². The van der Waals surface area contributed by atoms with Crippen molar-refractivity contribution in [3.63, 3.8) is 0 Å². The molecular weight excluding hydrogens is 356 g/mol. The van der Waals surface area contributed by atoms with Gasteiger partial charge in [0, 0.05) is 35.3 Å². The molecule has 1 aliphatic rings. The minimum atomic E-state index is -0.265. The zero-order valence-corrected chi connectivity index (χ0v) is 15.2. The second-order valence-electron chi connectivity index (χ2n) is 5.93. The van der Waals surface area contributed by atoms with Gasteiger partial charge in [0.05, 0.1) is 20.3 Å². The average molecular weight is 375 g/mol. The molecule has 1 atom stereocenters. The van der Waals surface area contributed by atoms with Crippen LogP contribution in [0.3, 0.4) is 0 Å². The summed E-state index contributed by atoms with van der Waals surface area (Å²) in [7, 11) is 3.10. The predicted molar refractivity (Wildman–Crippen MR) is 99.2 cm³/mol. The fourth-order valence-corrected chi connectivity index (χ4v) is 3.04. The lowest BCUT2D eigenvalue weighted by Crippen LogP contribution is -2.37. The molecule has 2 aromatic rings. The molecule has 2 aromatic carbocycles. The minimum Gasteiger partial charge on any atom is -0.493 e. The summed E-state index contributed by atoms with van der Waals surface area (Å²) in [5.41, 5.74) is 1.21. The molecule has 1 fully saturated rings. The number of amides is 2. The summed E-state index contributed by atoms with van der Waals surface area (Å²) >= 11 is 5.84. The van der Waals surface area contributed by atoms with Gasteiger partial charge in [0.1, 0.15) is 0 Å². The molecule has 0 aliphatic carbocycles.